The van der Waals surface area contributed by atoms with Crippen LogP contribution >= 0.6 is 0 Å². The van der Waals surface area contributed by atoms with Gasteiger partial charge in [-0.15, -0.1) is 0 Å². The van der Waals surface area contributed by atoms with Crippen molar-refractivity contribution in [2.24, 2.45) is 0 Å². The van der Waals surface area contributed by atoms with Crippen molar-refractivity contribution >= 4 is 0 Å². The second-order valence-corrected chi connectivity index (χ2v) is 2.95. The minimum Gasteiger partial charge on any atom is -0.426 e. The number of aromatic nitrogens is 4. The van der Waals surface area contributed by atoms with E-state index >= 15 is 0 Å². The summed E-state index contributed by atoms with van der Waals surface area (Å²) in [7, 11) is 0. The Balaban J connectivity index is 3.00. The highest BCUT2D eigenvalue weighted by Crippen LogP contribution is 2.18. The van der Waals surface area contributed by atoms with E-state index in [-0.39, 0.29) is 11.6 Å². The van der Waals surface area contributed by atoms with Crippen LogP contribution in [0.15, 0.2) is 4.79 Å². The van der Waals surface area contributed by atoms with Crippen LogP contribution in [0, 0.1) is 13.8 Å². The quantitative estimate of drug-likeness (QED) is 0.561. The number of nitrogens with zero attached hydrogens (tertiary/aromatic N) is 4. The standard InChI is InChI=1S/C7H8N4O3/c1-3-4(2)11(14)6-5(10(3)13)8-7(12)9-6/h13-14H,1-2H3. The van der Waals surface area contributed by atoms with E-state index in [1.54, 1.807) is 13.8 Å². The molecule has 0 amide bonds. The number of hydrogen-bond acceptors (Lipinski definition) is 5. The van der Waals surface area contributed by atoms with Crippen molar-refractivity contribution in [1.29, 1.82) is 0 Å². The summed E-state index contributed by atoms with van der Waals surface area (Å²) < 4.78 is 1.46. The van der Waals surface area contributed by atoms with Crippen LogP contribution in [0.25, 0.3) is 11.6 Å². The summed E-state index contributed by atoms with van der Waals surface area (Å²) in [6, 6.07) is 0. The highest BCUT2D eigenvalue weighted by Gasteiger charge is 2.21. The predicted octanol–water partition coefficient (Wildman–Crippen LogP) is -0.364. The molecule has 0 fully saturated rings. The third-order valence-electron chi connectivity index (χ3n) is 2.16. The van der Waals surface area contributed by atoms with Gasteiger partial charge in [0.1, 0.15) is 0 Å². The molecule has 14 heavy (non-hydrogen) atoms. The maximum absolute atomic E-state index is 10.8. The van der Waals surface area contributed by atoms with E-state index in [0.29, 0.717) is 11.4 Å². The fourth-order valence-electron chi connectivity index (χ4n) is 1.21. The Morgan fingerprint density at radius 3 is 1.71 bits per heavy atom. The first-order chi connectivity index (χ1) is 6.52. The summed E-state index contributed by atoms with van der Waals surface area (Å²) in [6.45, 7) is 3.17. The average Bonchev–Trinajstić information content (AvgIpc) is 2.54. The molecule has 2 N–H and O–H groups in total. The molecule has 2 aliphatic rings. The lowest BCUT2D eigenvalue weighted by molar-refractivity contribution is 0.144. The van der Waals surface area contributed by atoms with Crippen molar-refractivity contribution in [2.45, 2.75) is 13.8 Å². The fourth-order valence-corrected chi connectivity index (χ4v) is 1.21. The second kappa shape index (κ2) is 2.47. The van der Waals surface area contributed by atoms with Gasteiger partial charge in [0.25, 0.3) is 0 Å². The number of rotatable bonds is 0. The van der Waals surface area contributed by atoms with Crippen molar-refractivity contribution in [2.75, 3.05) is 0 Å². The third kappa shape index (κ3) is 0.889. The molecular weight excluding hydrogens is 188 g/mol. The molecule has 0 aromatic rings. The molecule has 2 heterocycles. The number of hydrogen-bond donors (Lipinski definition) is 2. The van der Waals surface area contributed by atoms with Gasteiger partial charge in [-0.1, -0.05) is 0 Å². The third-order valence-corrected chi connectivity index (χ3v) is 2.16. The zero-order valence-electron chi connectivity index (χ0n) is 7.59. The van der Waals surface area contributed by atoms with Crippen molar-refractivity contribution in [3.8, 4) is 11.6 Å². The van der Waals surface area contributed by atoms with Crippen LogP contribution in [0.4, 0.5) is 0 Å². The minimum atomic E-state index is -0.740. The minimum absolute atomic E-state index is 0.0550. The van der Waals surface area contributed by atoms with Gasteiger partial charge in [-0.3, -0.25) is 0 Å². The molecule has 0 aliphatic carbocycles. The highest BCUT2D eigenvalue weighted by atomic mass is 16.5. The normalized spacial score (nSPS) is 11.0. The van der Waals surface area contributed by atoms with Gasteiger partial charge in [0.05, 0.1) is 11.4 Å². The summed E-state index contributed by atoms with van der Waals surface area (Å²) in [4.78, 5) is 17.7. The van der Waals surface area contributed by atoms with Crippen LogP contribution in [0.3, 0.4) is 0 Å². The maximum atomic E-state index is 10.8. The lowest BCUT2D eigenvalue weighted by Crippen LogP contribution is -2.15. The molecule has 0 bridgehead atoms. The Bertz CT molecular complexity index is 482. The van der Waals surface area contributed by atoms with Gasteiger partial charge in [-0.2, -0.15) is 19.4 Å². The molecule has 0 unspecified atom stereocenters. The Labute approximate surface area is 78.1 Å². The molecule has 2 aliphatic heterocycles. The molecule has 0 aromatic carbocycles. The van der Waals surface area contributed by atoms with Gasteiger partial charge in [0, 0.05) is 0 Å². The van der Waals surface area contributed by atoms with Crippen molar-refractivity contribution in [3.63, 3.8) is 0 Å². The maximum Gasteiger partial charge on any atom is 0.371 e. The van der Waals surface area contributed by atoms with E-state index < -0.39 is 5.69 Å². The second-order valence-electron chi connectivity index (χ2n) is 2.95. The summed E-state index contributed by atoms with van der Waals surface area (Å²) >= 11 is 0. The molecule has 0 saturated heterocycles. The largest absolute Gasteiger partial charge is 0.426 e. The van der Waals surface area contributed by atoms with Crippen molar-refractivity contribution in [1.82, 2.24) is 19.4 Å². The van der Waals surface area contributed by atoms with Gasteiger partial charge >= 0.3 is 5.69 Å². The van der Waals surface area contributed by atoms with Gasteiger partial charge in [-0.05, 0) is 13.8 Å². The first-order valence-electron chi connectivity index (χ1n) is 3.89. The monoisotopic (exact) mass is 196 g/mol. The smallest absolute Gasteiger partial charge is 0.371 e. The van der Waals surface area contributed by atoms with Gasteiger partial charge in [0.15, 0.2) is 0 Å². The summed E-state index contributed by atoms with van der Waals surface area (Å²) in [6.07, 6.45) is 0. The molecule has 2 rings (SSSR count). The molecule has 0 saturated carbocycles. The molecule has 7 nitrogen and oxygen atoms in total. The number of fused-ring (bicyclic) bond motifs is 1. The average molecular weight is 196 g/mol. The van der Waals surface area contributed by atoms with Gasteiger partial charge < -0.3 is 10.4 Å². The summed E-state index contributed by atoms with van der Waals surface area (Å²) in [5.41, 5.74) is 0.0374. The van der Waals surface area contributed by atoms with E-state index in [2.05, 4.69) is 9.97 Å². The lowest BCUT2D eigenvalue weighted by Gasteiger charge is -2.13. The van der Waals surface area contributed by atoms with E-state index in [0.717, 1.165) is 9.46 Å². The number of imidazole rings is 1. The molecule has 0 radical (unpaired) electrons. The van der Waals surface area contributed by atoms with Crippen LogP contribution in [0.2, 0.25) is 0 Å². The molecule has 0 atom stereocenters. The van der Waals surface area contributed by atoms with Crippen LogP contribution in [0.5, 0.6) is 0 Å². The first-order valence-corrected chi connectivity index (χ1v) is 3.89. The Morgan fingerprint density at radius 1 is 1.00 bits per heavy atom. The van der Waals surface area contributed by atoms with Crippen LogP contribution in [-0.4, -0.2) is 29.8 Å². The first kappa shape index (κ1) is 8.54. The van der Waals surface area contributed by atoms with E-state index in [4.69, 9.17) is 0 Å². The zero-order chi connectivity index (χ0) is 10.5. The van der Waals surface area contributed by atoms with Crippen LogP contribution < -0.4 is 5.69 Å². The molecular formula is C7H8N4O3. The lowest BCUT2D eigenvalue weighted by atomic mass is 10.3. The highest BCUT2D eigenvalue weighted by molar-refractivity contribution is 5.46. The van der Waals surface area contributed by atoms with Gasteiger partial charge in [0.2, 0.25) is 11.6 Å². The van der Waals surface area contributed by atoms with E-state index in [1.165, 1.54) is 0 Å². The van der Waals surface area contributed by atoms with Crippen molar-refractivity contribution in [3.05, 3.63) is 21.9 Å². The fraction of sp³-hybridized carbons (Fsp3) is 0.286. The van der Waals surface area contributed by atoms with Gasteiger partial charge in [-0.25, -0.2) is 4.79 Å². The van der Waals surface area contributed by atoms with Crippen molar-refractivity contribution < 1.29 is 10.4 Å². The summed E-state index contributed by atoms with van der Waals surface area (Å²) in [5.74, 6) is -0.110. The van der Waals surface area contributed by atoms with E-state index in [1.807, 2.05) is 0 Å². The summed E-state index contributed by atoms with van der Waals surface area (Å²) in [5, 5.41) is 19.1. The Morgan fingerprint density at radius 2 is 1.36 bits per heavy atom. The molecule has 74 valence electrons. The molecule has 0 spiro atoms. The van der Waals surface area contributed by atoms with E-state index in [9.17, 15) is 15.2 Å². The zero-order valence-corrected chi connectivity index (χ0v) is 7.59. The molecule has 0 aromatic heterocycles. The Hall–Kier alpha value is -2.05. The Kier molecular flexibility index (Phi) is 1.51. The van der Waals surface area contributed by atoms with Crippen LogP contribution in [-0.2, 0) is 0 Å². The molecule has 7 heteroatoms. The topological polar surface area (TPSA) is 93.2 Å². The van der Waals surface area contributed by atoms with Crippen LogP contribution in [0.1, 0.15) is 11.4 Å². The predicted molar refractivity (Wildman–Crippen MR) is 44.7 cm³/mol. The SMILES string of the molecule is Cc1c(C)n(O)c2nc(=O)nc-2n1O.